The van der Waals surface area contributed by atoms with E-state index in [2.05, 4.69) is 15.0 Å². The van der Waals surface area contributed by atoms with E-state index in [1.165, 1.54) is 35.9 Å². The first-order valence-electron chi connectivity index (χ1n) is 10.3. The maximum absolute atomic E-state index is 12.7. The molecule has 0 unspecified atom stereocenters. The molecule has 0 saturated carbocycles. The summed E-state index contributed by atoms with van der Waals surface area (Å²) in [7, 11) is -2.40. The van der Waals surface area contributed by atoms with Gasteiger partial charge in [0.2, 0.25) is 10.0 Å². The molecule has 2 heterocycles. The van der Waals surface area contributed by atoms with Crippen molar-refractivity contribution in [2.75, 3.05) is 32.1 Å². The van der Waals surface area contributed by atoms with Crippen LogP contribution in [0.2, 0.25) is 0 Å². The van der Waals surface area contributed by atoms with Gasteiger partial charge < -0.3 is 14.8 Å². The van der Waals surface area contributed by atoms with Crippen LogP contribution in [0.1, 0.15) is 28.8 Å². The molecule has 11 heteroatoms. The largest absolute Gasteiger partial charge is 0.465 e. The zero-order valence-corrected chi connectivity index (χ0v) is 19.1. The van der Waals surface area contributed by atoms with E-state index in [1.807, 2.05) is 0 Å². The molecule has 1 saturated heterocycles. The van der Waals surface area contributed by atoms with E-state index in [0.717, 1.165) is 5.56 Å². The van der Waals surface area contributed by atoms with Crippen LogP contribution in [-0.4, -0.2) is 62.4 Å². The maximum atomic E-state index is 12.7. The first kappa shape index (κ1) is 24.3. The molecule has 10 nitrogen and oxygen atoms in total. The molecule has 3 rings (SSSR count). The third kappa shape index (κ3) is 5.93. The first-order valence-corrected chi connectivity index (χ1v) is 11.7. The third-order valence-electron chi connectivity index (χ3n) is 5.34. The second-order valence-electron chi connectivity index (χ2n) is 7.54. The van der Waals surface area contributed by atoms with Gasteiger partial charge in [-0.15, -0.1) is 0 Å². The van der Waals surface area contributed by atoms with Crippen molar-refractivity contribution in [3.05, 3.63) is 53.9 Å². The number of rotatable bonds is 7. The molecule has 1 aliphatic heterocycles. The normalized spacial score (nSPS) is 15.0. The average Bonchev–Trinajstić information content (AvgIpc) is 2.84. The molecule has 2 aromatic rings. The highest BCUT2D eigenvalue weighted by atomic mass is 32.2. The van der Waals surface area contributed by atoms with Crippen molar-refractivity contribution in [3.63, 3.8) is 0 Å². The van der Waals surface area contributed by atoms with Crippen LogP contribution in [-0.2, 0) is 29.1 Å². The van der Waals surface area contributed by atoms with Gasteiger partial charge in [-0.1, -0.05) is 6.07 Å². The second kappa shape index (κ2) is 10.5. The van der Waals surface area contributed by atoms with E-state index in [0.29, 0.717) is 18.5 Å². The topological polar surface area (TPSA) is 132 Å². The van der Waals surface area contributed by atoms with Gasteiger partial charge in [-0.3, -0.25) is 14.6 Å². The molecule has 0 bridgehead atoms. The maximum Gasteiger partial charge on any atom is 0.337 e. The van der Waals surface area contributed by atoms with Crippen LogP contribution in [0.25, 0.3) is 0 Å². The fourth-order valence-corrected chi connectivity index (χ4v) is 4.86. The summed E-state index contributed by atoms with van der Waals surface area (Å²) in [5.41, 5.74) is 1.42. The number of sulfonamides is 1. The Kier molecular flexibility index (Phi) is 7.77. The van der Waals surface area contributed by atoms with Gasteiger partial charge >= 0.3 is 11.9 Å². The Morgan fingerprint density at radius 3 is 2.55 bits per heavy atom. The molecular formula is C22H25N3O7S. The standard InChI is InChI=1S/C22H25N3O7S/c1-15-5-6-17(21(27)31-2)12-19(15)24-20(26)14-32-22(28)16-7-10-25(11-8-16)33(29,30)18-4-3-9-23-13-18/h3-6,9,12-13,16H,7-8,10-11,14H2,1-2H3,(H,24,26). The zero-order valence-electron chi connectivity index (χ0n) is 18.3. The number of esters is 2. The van der Waals surface area contributed by atoms with Gasteiger partial charge in [-0.05, 0) is 49.6 Å². The fraction of sp³-hybridized carbons (Fsp3) is 0.364. The highest BCUT2D eigenvalue weighted by Crippen LogP contribution is 2.24. The Hall–Kier alpha value is -3.31. The predicted octanol–water partition coefficient (Wildman–Crippen LogP) is 1.76. The highest BCUT2D eigenvalue weighted by Gasteiger charge is 2.33. The SMILES string of the molecule is COC(=O)c1ccc(C)c(NC(=O)COC(=O)C2CCN(S(=O)(=O)c3cccnc3)CC2)c1. The number of piperidine rings is 1. The molecule has 1 aromatic carbocycles. The summed E-state index contributed by atoms with van der Waals surface area (Å²) in [6, 6.07) is 7.76. The van der Waals surface area contributed by atoms with E-state index < -0.39 is 40.4 Å². The number of pyridine rings is 1. The number of nitrogens with one attached hydrogen (secondary N) is 1. The van der Waals surface area contributed by atoms with Crippen molar-refractivity contribution in [1.82, 2.24) is 9.29 Å². The Bertz CT molecular complexity index is 1130. The molecule has 1 aliphatic rings. The summed E-state index contributed by atoms with van der Waals surface area (Å²) in [5.74, 6) is -2.13. The molecule has 0 radical (unpaired) electrons. The summed E-state index contributed by atoms with van der Waals surface area (Å²) >= 11 is 0. The number of benzene rings is 1. The molecule has 0 spiro atoms. The molecule has 1 fully saturated rings. The third-order valence-corrected chi connectivity index (χ3v) is 7.22. The van der Waals surface area contributed by atoms with Crippen molar-refractivity contribution in [2.24, 2.45) is 5.92 Å². The summed E-state index contributed by atoms with van der Waals surface area (Å²) in [5, 5.41) is 2.62. The molecule has 33 heavy (non-hydrogen) atoms. The summed E-state index contributed by atoms with van der Waals surface area (Å²) in [4.78, 5) is 40.3. The number of amides is 1. The monoisotopic (exact) mass is 475 g/mol. The number of hydrogen-bond acceptors (Lipinski definition) is 8. The number of methoxy groups -OCH3 is 1. The number of hydrogen-bond donors (Lipinski definition) is 1. The van der Waals surface area contributed by atoms with E-state index in [-0.39, 0.29) is 23.5 Å². The number of nitrogens with zero attached hydrogens (tertiary/aromatic N) is 2. The summed E-state index contributed by atoms with van der Waals surface area (Å²) < 4.78 is 36.4. The van der Waals surface area contributed by atoms with E-state index in [9.17, 15) is 22.8 Å². The number of carbonyl (C=O) groups is 3. The van der Waals surface area contributed by atoms with Crippen LogP contribution < -0.4 is 5.32 Å². The number of ether oxygens (including phenoxy) is 2. The van der Waals surface area contributed by atoms with Gasteiger partial charge in [0, 0.05) is 31.2 Å². The molecule has 1 amide bonds. The highest BCUT2D eigenvalue weighted by molar-refractivity contribution is 7.89. The van der Waals surface area contributed by atoms with Crippen LogP contribution in [0.4, 0.5) is 5.69 Å². The Labute approximate surface area is 191 Å². The van der Waals surface area contributed by atoms with Crippen molar-refractivity contribution in [2.45, 2.75) is 24.7 Å². The number of carbonyl (C=O) groups excluding carboxylic acids is 3. The lowest BCUT2D eigenvalue weighted by Crippen LogP contribution is -2.41. The van der Waals surface area contributed by atoms with Gasteiger partial charge in [0.05, 0.1) is 18.6 Å². The average molecular weight is 476 g/mol. The van der Waals surface area contributed by atoms with Gasteiger partial charge in [-0.25, -0.2) is 13.2 Å². The summed E-state index contributed by atoms with van der Waals surface area (Å²) in [6.07, 6.45) is 3.37. The fourth-order valence-electron chi connectivity index (χ4n) is 3.42. The first-order chi connectivity index (χ1) is 15.7. The number of aryl methyl sites for hydroxylation is 1. The van der Waals surface area contributed by atoms with Gasteiger partial charge in [0.15, 0.2) is 6.61 Å². The van der Waals surface area contributed by atoms with Gasteiger partial charge in [0.1, 0.15) is 4.90 Å². The van der Waals surface area contributed by atoms with E-state index >= 15 is 0 Å². The second-order valence-corrected chi connectivity index (χ2v) is 9.48. The molecule has 1 aromatic heterocycles. The lowest BCUT2D eigenvalue weighted by Gasteiger charge is -2.29. The van der Waals surface area contributed by atoms with Gasteiger partial charge in [-0.2, -0.15) is 4.31 Å². The van der Waals surface area contributed by atoms with E-state index in [1.54, 1.807) is 25.1 Å². The van der Waals surface area contributed by atoms with Crippen molar-refractivity contribution in [3.8, 4) is 0 Å². The Morgan fingerprint density at radius 1 is 1.18 bits per heavy atom. The smallest absolute Gasteiger partial charge is 0.337 e. The minimum atomic E-state index is -3.67. The number of aromatic nitrogens is 1. The zero-order chi connectivity index (χ0) is 24.0. The lowest BCUT2D eigenvalue weighted by molar-refractivity contribution is -0.152. The quantitative estimate of drug-likeness (QED) is 0.599. The predicted molar refractivity (Wildman–Crippen MR) is 118 cm³/mol. The van der Waals surface area contributed by atoms with Crippen molar-refractivity contribution >= 4 is 33.6 Å². The van der Waals surface area contributed by atoms with Crippen LogP contribution >= 0.6 is 0 Å². The lowest BCUT2D eigenvalue weighted by atomic mass is 9.98. The Balaban J connectivity index is 1.50. The molecule has 176 valence electrons. The van der Waals surface area contributed by atoms with Crippen LogP contribution in [0.3, 0.4) is 0 Å². The minimum Gasteiger partial charge on any atom is -0.465 e. The molecule has 0 aliphatic carbocycles. The molecule has 1 N–H and O–H groups in total. The number of anilines is 1. The van der Waals surface area contributed by atoms with Crippen molar-refractivity contribution < 1.29 is 32.3 Å². The van der Waals surface area contributed by atoms with E-state index in [4.69, 9.17) is 4.74 Å². The molecule has 0 atom stereocenters. The van der Waals surface area contributed by atoms with Crippen LogP contribution in [0, 0.1) is 12.8 Å². The van der Waals surface area contributed by atoms with Crippen LogP contribution in [0.15, 0.2) is 47.6 Å². The molecular weight excluding hydrogens is 450 g/mol. The minimum absolute atomic E-state index is 0.106. The van der Waals surface area contributed by atoms with Crippen molar-refractivity contribution in [1.29, 1.82) is 0 Å². The summed E-state index contributed by atoms with van der Waals surface area (Å²) in [6.45, 7) is 1.61. The van der Waals surface area contributed by atoms with Gasteiger partial charge in [0.25, 0.3) is 5.91 Å². The van der Waals surface area contributed by atoms with Crippen LogP contribution in [0.5, 0.6) is 0 Å². The Morgan fingerprint density at radius 2 is 1.91 bits per heavy atom.